The fourth-order valence-corrected chi connectivity index (χ4v) is 2.44. The van der Waals surface area contributed by atoms with Crippen molar-refractivity contribution in [3.05, 3.63) is 59.1 Å². The standard InChI is InChI=1S/C19H16ClF3N2O4/c20-12-4-3-5-13(10-12)24-16(26)8-9-18(28)29-11-17(27)25-15-7-2-1-6-14(15)19(21,22)23/h1-7,10H,8-9,11H2,(H,24,26)(H,25,27). The number of alkyl halides is 3. The average molecular weight is 429 g/mol. The molecular formula is C19H16ClF3N2O4. The van der Waals surface area contributed by atoms with Gasteiger partial charge in [-0.15, -0.1) is 0 Å². The van der Waals surface area contributed by atoms with Crippen molar-refractivity contribution in [2.75, 3.05) is 17.2 Å². The Morgan fingerprint density at radius 3 is 2.34 bits per heavy atom. The summed E-state index contributed by atoms with van der Waals surface area (Å²) in [5.74, 6) is -2.24. The van der Waals surface area contributed by atoms with E-state index in [-0.39, 0.29) is 12.8 Å². The Morgan fingerprint density at radius 2 is 1.66 bits per heavy atom. The molecular weight excluding hydrogens is 413 g/mol. The van der Waals surface area contributed by atoms with Crippen LogP contribution in [0.5, 0.6) is 0 Å². The molecule has 0 saturated carbocycles. The van der Waals surface area contributed by atoms with Gasteiger partial charge in [-0.25, -0.2) is 0 Å². The van der Waals surface area contributed by atoms with Gasteiger partial charge < -0.3 is 15.4 Å². The highest BCUT2D eigenvalue weighted by molar-refractivity contribution is 6.30. The van der Waals surface area contributed by atoms with Crippen LogP contribution in [0.15, 0.2) is 48.5 Å². The van der Waals surface area contributed by atoms with E-state index in [0.29, 0.717) is 10.7 Å². The summed E-state index contributed by atoms with van der Waals surface area (Å²) in [7, 11) is 0. The van der Waals surface area contributed by atoms with Gasteiger partial charge in [0.25, 0.3) is 5.91 Å². The summed E-state index contributed by atoms with van der Waals surface area (Å²) in [5.41, 5.74) is -1.00. The van der Waals surface area contributed by atoms with Gasteiger partial charge in [-0.05, 0) is 30.3 Å². The second-order valence-corrected chi connectivity index (χ2v) is 6.25. The second-order valence-electron chi connectivity index (χ2n) is 5.81. The Bertz CT molecular complexity index is 903. The Hall–Kier alpha value is -3.07. The summed E-state index contributed by atoms with van der Waals surface area (Å²) in [4.78, 5) is 35.2. The van der Waals surface area contributed by atoms with Crippen LogP contribution >= 0.6 is 11.6 Å². The van der Waals surface area contributed by atoms with Crippen LogP contribution in [0.3, 0.4) is 0 Å². The quantitative estimate of drug-likeness (QED) is 0.645. The molecule has 0 radical (unpaired) electrons. The number of carbonyl (C=O) groups excluding carboxylic acids is 3. The van der Waals surface area contributed by atoms with Crippen LogP contribution in [0.25, 0.3) is 0 Å². The van der Waals surface area contributed by atoms with Crippen LogP contribution in [0.2, 0.25) is 5.02 Å². The Kier molecular flexibility index (Phi) is 7.60. The van der Waals surface area contributed by atoms with Crippen molar-refractivity contribution in [3.8, 4) is 0 Å². The molecule has 2 aromatic carbocycles. The van der Waals surface area contributed by atoms with Gasteiger partial charge in [-0.1, -0.05) is 29.8 Å². The van der Waals surface area contributed by atoms with Crippen LogP contribution in [0.4, 0.5) is 24.5 Å². The van der Waals surface area contributed by atoms with Crippen molar-refractivity contribution in [2.24, 2.45) is 0 Å². The number of para-hydroxylation sites is 1. The summed E-state index contributed by atoms with van der Waals surface area (Å²) in [6.07, 6.45) is -5.15. The molecule has 0 spiro atoms. The molecule has 0 atom stereocenters. The third-order valence-electron chi connectivity index (χ3n) is 3.54. The molecule has 29 heavy (non-hydrogen) atoms. The van der Waals surface area contributed by atoms with E-state index in [1.165, 1.54) is 18.2 Å². The Balaban J connectivity index is 1.76. The van der Waals surface area contributed by atoms with Crippen molar-refractivity contribution in [1.82, 2.24) is 0 Å². The molecule has 6 nitrogen and oxygen atoms in total. The lowest BCUT2D eigenvalue weighted by molar-refractivity contribution is -0.148. The van der Waals surface area contributed by atoms with Gasteiger partial charge in [0.05, 0.1) is 17.7 Å². The van der Waals surface area contributed by atoms with Gasteiger partial charge in [0.15, 0.2) is 6.61 Å². The molecule has 0 aromatic heterocycles. The van der Waals surface area contributed by atoms with Crippen LogP contribution < -0.4 is 10.6 Å². The number of benzene rings is 2. The highest BCUT2D eigenvalue weighted by Gasteiger charge is 2.33. The van der Waals surface area contributed by atoms with E-state index in [9.17, 15) is 27.6 Å². The first-order valence-electron chi connectivity index (χ1n) is 8.32. The number of ether oxygens (including phenoxy) is 1. The van der Waals surface area contributed by atoms with Gasteiger partial charge >= 0.3 is 12.1 Å². The van der Waals surface area contributed by atoms with E-state index in [0.717, 1.165) is 12.1 Å². The fraction of sp³-hybridized carbons (Fsp3) is 0.211. The number of anilines is 2. The predicted molar refractivity (Wildman–Crippen MR) is 100 cm³/mol. The molecule has 0 saturated heterocycles. The van der Waals surface area contributed by atoms with Crippen LogP contribution in [0.1, 0.15) is 18.4 Å². The summed E-state index contributed by atoms with van der Waals surface area (Å²) in [5, 5.41) is 5.02. The zero-order chi connectivity index (χ0) is 21.4. The molecule has 0 aliphatic carbocycles. The highest BCUT2D eigenvalue weighted by Crippen LogP contribution is 2.34. The zero-order valence-corrected chi connectivity index (χ0v) is 15.6. The molecule has 0 heterocycles. The largest absolute Gasteiger partial charge is 0.456 e. The molecule has 2 rings (SSSR count). The third-order valence-corrected chi connectivity index (χ3v) is 3.77. The minimum Gasteiger partial charge on any atom is -0.456 e. The minimum absolute atomic E-state index is 0.204. The maximum atomic E-state index is 12.9. The number of halogens is 4. The molecule has 2 aromatic rings. The monoisotopic (exact) mass is 428 g/mol. The summed E-state index contributed by atoms with van der Waals surface area (Å²) >= 11 is 5.79. The maximum absolute atomic E-state index is 12.9. The van der Waals surface area contributed by atoms with Gasteiger partial charge in [0.2, 0.25) is 5.91 Å². The van der Waals surface area contributed by atoms with E-state index in [2.05, 4.69) is 10.1 Å². The molecule has 2 N–H and O–H groups in total. The maximum Gasteiger partial charge on any atom is 0.418 e. The number of hydrogen-bond donors (Lipinski definition) is 2. The Morgan fingerprint density at radius 1 is 0.931 bits per heavy atom. The van der Waals surface area contributed by atoms with Gasteiger partial charge in [0, 0.05) is 17.1 Å². The van der Waals surface area contributed by atoms with E-state index >= 15 is 0 Å². The number of amides is 2. The molecule has 0 fully saturated rings. The lowest BCUT2D eigenvalue weighted by atomic mass is 10.1. The van der Waals surface area contributed by atoms with Crippen LogP contribution in [-0.4, -0.2) is 24.4 Å². The fourth-order valence-electron chi connectivity index (χ4n) is 2.25. The van der Waals surface area contributed by atoms with Crippen molar-refractivity contribution >= 4 is 40.8 Å². The van der Waals surface area contributed by atoms with E-state index in [1.807, 2.05) is 5.32 Å². The molecule has 2 amide bonds. The molecule has 0 aliphatic rings. The van der Waals surface area contributed by atoms with Crippen LogP contribution in [0, 0.1) is 0 Å². The van der Waals surface area contributed by atoms with E-state index in [1.54, 1.807) is 18.2 Å². The first-order valence-corrected chi connectivity index (χ1v) is 8.70. The van der Waals surface area contributed by atoms with Crippen molar-refractivity contribution in [2.45, 2.75) is 19.0 Å². The predicted octanol–water partition coefficient (Wildman–Crippen LogP) is 4.26. The van der Waals surface area contributed by atoms with Crippen molar-refractivity contribution in [1.29, 1.82) is 0 Å². The van der Waals surface area contributed by atoms with Crippen LogP contribution in [-0.2, 0) is 25.3 Å². The molecule has 154 valence electrons. The molecule has 0 aliphatic heterocycles. The second kappa shape index (κ2) is 9.92. The van der Waals surface area contributed by atoms with Crippen molar-refractivity contribution in [3.63, 3.8) is 0 Å². The summed E-state index contributed by atoms with van der Waals surface area (Å²) in [6.45, 7) is -0.777. The highest BCUT2D eigenvalue weighted by atomic mass is 35.5. The van der Waals surface area contributed by atoms with Gasteiger partial charge in [-0.3, -0.25) is 14.4 Å². The van der Waals surface area contributed by atoms with E-state index < -0.39 is 41.8 Å². The SMILES string of the molecule is O=C(CCC(=O)OCC(=O)Nc1ccccc1C(F)(F)F)Nc1cccc(Cl)c1. The third kappa shape index (κ3) is 7.46. The lowest BCUT2D eigenvalue weighted by Crippen LogP contribution is -2.23. The topological polar surface area (TPSA) is 84.5 Å². The number of nitrogens with one attached hydrogen (secondary N) is 2. The number of rotatable bonds is 7. The Labute approximate surface area is 169 Å². The number of esters is 1. The molecule has 0 unspecified atom stereocenters. The minimum atomic E-state index is -4.64. The first-order chi connectivity index (χ1) is 13.6. The summed E-state index contributed by atoms with van der Waals surface area (Å²) in [6, 6.07) is 10.8. The number of carbonyl (C=O) groups is 3. The molecule has 0 bridgehead atoms. The summed E-state index contributed by atoms with van der Waals surface area (Å²) < 4.78 is 43.3. The number of hydrogen-bond acceptors (Lipinski definition) is 4. The molecule has 10 heteroatoms. The van der Waals surface area contributed by atoms with Crippen molar-refractivity contribution < 1.29 is 32.3 Å². The smallest absolute Gasteiger partial charge is 0.418 e. The zero-order valence-electron chi connectivity index (χ0n) is 14.9. The average Bonchev–Trinajstić information content (AvgIpc) is 2.64. The lowest BCUT2D eigenvalue weighted by Gasteiger charge is -2.13. The van der Waals surface area contributed by atoms with E-state index in [4.69, 9.17) is 11.6 Å². The first kappa shape index (κ1) is 22.2. The van der Waals surface area contributed by atoms with Gasteiger partial charge in [-0.2, -0.15) is 13.2 Å². The normalized spacial score (nSPS) is 10.9. The van der Waals surface area contributed by atoms with Gasteiger partial charge in [0.1, 0.15) is 0 Å².